The lowest BCUT2D eigenvalue weighted by Crippen LogP contribution is -2.15. The van der Waals surface area contributed by atoms with Crippen molar-refractivity contribution < 1.29 is 14.2 Å². The van der Waals surface area contributed by atoms with E-state index in [4.69, 9.17) is 14.2 Å². The fraction of sp³-hybridized carbons (Fsp3) is 0.450. The molecule has 0 radical (unpaired) electrons. The Morgan fingerprint density at radius 3 is 2.54 bits per heavy atom. The molecule has 1 atom stereocenters. The Labute approximate surface area is 143 Å². The fourth-order valence-electron chi connectivity index (χ4n) is 3.13. The molecule has 24 heavy (non-hydrogen) atoms. The molecule has 1 aliphatic rings. The van der Waals surface area contributed by atoms with Gasteiger partial charge in [-0.15, -0.1) is 0 Å². The SMILES string of the molecule is COc1ccc(OC(C)Cc2ccncc2)cc1OC1CCCC1. The van der Waals surface area contributed by atoms with Crippen molar-refractivity contribution in [3.05, 3.63) is 48.3 Å². The molecule has 0 spiro atoms. The largest absolute Gasteiger partial charge is 0.493 e. The highest BCUT2D eigenvalue weighted by atomic mass is 16.5. The van der Waals surface area contributed by atoms with Crippen LogP contribution >= 0.6 is 0 Å². The van der Waals surface area contributed by atoms with Crippen LogP contribution in [-0.2, 0) is 6.42 Å². The van der Waals surface area contributed by atoms with Gasteiger partial charge in [-0.25, -0.2) is 0 Å². The maximum Gasteiger partial charge on any atom is 0.165 e. The van der Waals surface area contributed by atoms with Crippen LogP contribution in [0, 0.1) is 0 Å². The molecule has 1 heterocycles. The minimum atomic E-state index is 0.0696. The number of methoxy groups -OCH3 is 1. The summed E-state index contributed by atoms with van der Waals surface area (Å²) in [6.07, 6.45) is 9.54. The fourth-order valence-corrected chi connectivity index (χ4v) is 3.13. The number of aromatic nitrogens is 1. The van der Waals surface area contributed by atoms with Crippen LogP contribution in [-0.4, -0.2) is 24.3 Å². The number of hydrogen-bond acceptors (Lipinski definition) is 4. The molecule has 128 valence electrons. The van der Waals surface area contributed by atoms with E-state index in [-0.39, 0.29) is 6.10 Å². The first-order chi connectivity index (χ1) is 11.7. The van der Waals surface area contributed by atoms with Crippen LogP contribution < -0.4 is 14.2 Å². The van der Waals surface area contributed by atoms with E-state index in [0.29, 0.717) is 6.10 Å². The zero-order chi connectivity index (χ0) is 16.8. The molecule has 1 aliphatic carbocycles. The molecular formula is C20H25NO3. The van der Waals surface area contributed by atoms with Gasteiger partial charge in [0.2, 0.25) is 0 Å². The van der Waals surface area contributed by atoms with Gasteiger partial charge in [-0.1, -0.05) is 0 Å². The molecule has 1 unspecified atom stereocenters. The summed E-state index contributed by atoms with van der Waals surface area (Å²) in [6, 6.07) is 9.83. The van der Waals surface area contributed by atoms with Crippen molar-refractivity contribution in [3.63, 3.8) is 0 Å². The summed E-state index contributed by atoms with van der Waals surface area (Å²) in [7, 11) is 1.67. The van der Waals surface area contributed by atoms with E-state index in [1.165, 1.54) is 18.4 Å². The van der Waals surface area contributed by atoms with E-state index in [1.54, 1.807) is 7.11 Å². The van der Waals surface area contributed by atoms with Crippen LogP contribution in [0.4, 0.5) is 0 Å². The number of hydrogen-bond donors (Lipinski definition) is 0. The Bertz CT molecular complexity index is 639. The van der Waals surface area contributed by atoms with E-state index < -0.39 is 0 Å². The number of benzene rings is 1. The van der Waals surface area contributed by atoms with Gasteiger partial charge in [0.1, 0.15) is 5.75 Å². The van der Waals surface area contributed by atoms with Gasteiger partial charge in [-0.3, -0.25) is 4.98 Å². The van der Waals surface area contributed by atoms with Crippen molar-refractivity contribution in [2.24, 2.45) is 0 Å². The summed E-state index contributed by atoms with van der Waals surface area (Å²) in [5.41, 5.74) is 1.22. The van der Waals surface area contributed by atoms with Gasteiger partial charge in [0, 0.05) is 24.9 Å². The van der Waals surface area contributed by atoms with E-state index >= 15 is 0 Å². The molecule has 3 rings (SSSR count). The molecule has 1 fully saturated rings. The van der Waals surface area contributed by atoms with Crippen molar-refractivity contribution in [3.8, 4) is 17.2 Å². The first-order valence-corrected chi connectivity index (χ1v) is 8.65. The second kappa shape index (κ2) is 8.04. The zero-order valence-electron chi connectivity index (χ0n) is 14.4. The Morgan fingerprint density at radius 2 is 1.83 bits per heavy atom. The maximum atomic E-state index is 6.12. The second-order valence-electron chi connectivity index (χ2n) is 6.33. The quantitative estimate of drug-likeness (QED) is 0.755. The first kappa shape index (κ1) is 16.6. The average Bonchev–Trinajstić information content (AvgIpc) is 3.09. The van der Waals surface area contributed by atoms with E-state index in [0.717, 1.165) is 36.5 Å². The number of nitrogens with zero attached hydrogens (tertiary/aromatic N) is 1. The summed E-state index contributed by atoms with van der Waals surface area (Å²) in [6.45, 7) is 2.07. The highest BCUT2D eigenvalue weighted by Crippen LogP contribution is 2.35. The number of rotatable bonds is 7. The predicted octanol–water partition coefficient (Wildman–Crippen LogP) is 4.42. The average molecular weight is 327 g/mol. The first-order valence-electron chi connectivity index (χ1n) is 8.65. The third-order valence-electron chi connectivity index (χ3n) is 4.34. The van der Waals surface area contributed by atoms with Gasteiger partial charge in [0.25, 0.3) is 0 Å². The molecule has 0 N–H and O–H groups in total. The van der Waals surface area contributed by atoms with Gasteiger partial charge >= 0.3 is 0 Å². The molecule has 0 bridgehead atoms. The highest BCUT2D eigenvalue weighted by molar-refractivity contribution is 5.45. The summed E-state index contributed by atoms with van der Waals surface area (Å²) >= 11 is 0. The van der Waals surface area contributed by atoms with Crippen LogP contribution in [0.1, 0.15) is 38.2 Å². The standard InChI is InChI=1S/C20H25NO3/c1-15(13-16-9-11-21-12-10-16)23-18-7-8-19(22-2)20(14-18)24-17-5-3-4-6-17/h7-12,14-15,17H,3-6,13H2,1-2H3. The lowest BCUT2D eigenvalue weighted by Gasteiger charge is -2.19. The van der Waals surface area contributed by atoms with Gasteiger partial charge in [-0.05, 0) is 62.4 Å². The van der Waals surface area contributed by atoms with Crippen molar-refractivity contribution in [2.45, 2.75) is 51.2 Å². The maximum absolute atomic E-state index is 6.12. The Hall–Kier alpha value is -2.23. The van der Waals surface area contributed by atoms with Crippen molar-refractivity contribution in [2.75, 3.05) is 7.11 Å². The smallest absolute Gasteiger partial charge is 0.165 e. The third kappa shape index (κ3) is 4.40. The normalized spacial score (nSPS) is 15.9. The van der Waals surface area contributed by atoms with Gasteiger partial charge in [-0.2, -0.15) is 0 Å². The molecule has 1 saturated carbocycles. The van der Waals surface area contributed by atoms with Crippen LogP contribution in [0.3, 0.4) is 0 Å². The molecule has 4 heteroatoms. The van der Waals surface area contributed by atoms with Crippen molar-refractivity contribution in [1.82, 2.24) is 4.98 Å². The van der Waals surface area contributed by atoms with Gasteiger partial charge in [0.15, 0.2) is 11.5 Å². The van der Waals surface area contributed by atoms with Crippen LogP contribution in [0.5, 0.6) is 17.2 Å². The Morgan fingerprint density at radius 1 is 1.08 bits per heavy atom. The molecule has 1 aromatic carbocycles. The molecule has 4 nitrogen and oxygen atoms in total. The van der Waals surface area contributed by atoms with E-state index in [9.17, 15) is 0 Å². The summed E-state index contributed by atoms with van der Waals surface area (Å²) < 4.78 is 17.6. The number of pyridine rings is 1. The van der Waals surface area contributed by atoms with Crippen LogP contribution in [0.15, 0.2) is 42.7 Å². The van der Waals surface area contributed by atoms with Crippen LogP contribution in [0.25, 0.3) is 0 Å². The molecular weight excluding hydrogens is 302 g/mol. The molecule has 0 saturated heterocycles. The molecule has 2 aromatic rings. The number of ether oxygens (including phenoxy) is 3. The molecule has 0 amide bonds. The van der Waals surface area contributed by atoms with Crippen LogP contribution in [0.2, 0.25) is 0 Å². The third-order valence-corrected chi connectivity index (χ3v) is 4.34. The minimum Gasteiger partial charge on any atom is -0.493 e. The lowest BCUT2D eigenvalue weighted by atomic mass is 10.1. The topological polar surface area (TPSA) is 40.6 Å². The van der Waals surface area contributed by atoms with E-state index in [2.05, 4.69) is 11.9 Å². The van der Waals surface area contributed by atoms with E-state index in [1.807, 2.05) is 42.7 Å². The summed E-state index contributed by atoms with van der Waals surface area (Å²) in [4.78, 5) is 4.04. The van der Waals surface area contributed by atoms with Gasteiger partial charge in [0.05, 0.1) is 19.3 Å². The summed E-state index contributed by atoms with van der Waals surface area (Å²) in [5, 5.41) is 0. The minimum absolute atomic E-state index is 0.0696. The van der Waals surface area contributed by atoms with Crippen molar-refractivity contribution in [1.29, 1.82) is 0 Å². The zero-order valence-corrected chi connectivity index (χ0v) is 14.4. The second-order valence-corrected chi connectivity index (χ2v) is 6.33. The Kier molecular flexibility index (Phi) is 5.57. The molecule has 0 aliphatic heterocycles. The highest BCUT2D eigenvalue weighted by Gasteiger charge is 2.19. The van der Waals surface area contributed by atoms with Crippen molar-refractivity contribution >= 4 is 0 Å². The Balaban J connectivity index is 1.66. The monoisotopic (exact) mass is 327 g/mol. The predicted molar refractivity (Wildman–Crippen MR) is 93.9 cm³/mol. The summed E-state index contributed by atoms with van der Waals surface area (Å²) in [5.74, 6) is 2.35. The molecule has 1 aromatic heterocycles. The van der Waals surface area contributed by atoms with Gasteiger partial charge < -0.3 is 14.2 Å². The lowest BCUT2D eigenvalue weighted by molar-refractivity contribution is 0.194.